The number of aryl methyl sites for hydroxylation is 2. The molecule has 7 heterocycles. The Kier molecular flexibility index (Phi) is 13.0. The summed E-state index contributed by atoms with van der Waals surface area (Å²) in [6.07, 6.45) is 3.33. The van der Waals surface area contributed by atoms with E-state index in [1.165, 1.54) is 4.90 Å². The van der Waals surface area contributed by atoms with Gasteiger partial charge in [0, 0.05) is 56.8 Å². The fourth-order valence-corrected chi connectivity index (χ4v) is 11.0. The smallest absolute Gasteiger partial charge is 0.243 e. The van der Waals surface area contributed by atoms with E-state index in [-0.39, 0.29) is 42.5 Å². The van der Waals surface area contributed by atoms with E-state index >= 15 is 0 Å². The third-order valence-corrected chi connectivity index (χ3v) is 14.7. The van der Waals surface area contributed by atoms with Gasteiger partial charge in [0.05, 0.1) is 51.3 Å². The molecule has 0 spiro atoms. The Morgan fingerprint density at radius 2 is 1.78 bits per heavy atom. The van der Waals surface area contributed by atoms with Gasteiger partial charge in [-0.15, -0.1) is 21.5 Å². The molecule has 4 aliphatic heterocycles. The van der Waals surface area contributed by atoms with Crippen molar-refractivity contribution in [1.29, 1.82) is 0 Å². The van der Waals surface area contributed by atoms with Crippen molar-refractivity contribution in [3.05, 3.63) is 88.9 Å². The molecule has 0 saturated carbocycles. The molecule has 3 saturated heterocycles. The van der Waals surface area contributed by atoms with E-state index in [4.69, 9.17) is 4.52 Å². The molecule has 3 fully saturated rings. The SMILES string of the molecule is Cc1ncsc1-c1ccc([C@H](C)NC(=O)[C@@H]2C[C@@H](O)CN2C(=O)[C@@H](c2cc(CCCN3CCC(N4CCN5c6cc(-c7ccccc7O)nnc6NC[C@H]5C4)CC3)no2)C(C)C)cc1. The van der Waals surface area contributed by atoms with Crippen LogP contribution in [0.3, 0.4) is 0 Å². The number of likely N-dealkylation sites (tertiary alicyclic amines) is 2. The van der Waals surface area contributed by atoms with Gasteiger partial charge in [-0.2, -0.15) is 0 Å². The number of hydrogen-bond donors (Lipinski definition) is 4. The van der Waals surface area contributed by atoms with Crippen molar-refractivity contribution in [3.8, 4) is 27.4 Å². The van der Waals surface area contributed by atoms with Gasteiger partial charge in [-0.1, -0.05) is 55.4 Å². The van der Waals surface area contributed by atoms with Crippen LogP contribution in [0, 0.1) is 12.8 Å². The monoisotopic (exact) mass is 888 g/mol. The number of carbonyl (C=O) groups excluding carboxylic acids is 2. The summed E-state index contributed by atoms with van der Waals surface area (Å²) >= 11 is 1.60. The van der Waals surface area contributed by atoms with Crippen LogP contribution >= 0.6 is 11.3 Å². The number of piperidine rings is 1. The van der Waals surface area contributed by atoms with Crippen molar-refractivity contribution >= 4 is 34.7 Å². The van der Waals surface area contributed by atoms with Crippen molar-refractivity contribution in [3.63, 3.8) is 0 Å². The number of benzene rings is 2. The first-order chi connectivity index (χ1) is 31.0. The number of hydrogen-bond acceptors (Lipinski definition) is 14. The highest BCUT2D eigenvalue weighted by Gasteiger charge is 2.44. The zero-order chi connectivity index (χ0) is 44.5. The fraction of sp³-hybridized carbons (Fsp3) is 0.500. The van der Waals surface area contributed by atoms with Gasteiger partial charge in [0.1, 0.15) is 23.5 Å². The number of β-amino-alcohol motifs (C(OH)–C–C–N with tert-alkyl or cyclic N) is 1. The number of para-hydroxylation sites is 1. The number of aliphatic hydroxyl groups excluding tert-OH is 1. The normalized spacial score (nSPS) is 21.6. The number of nitrogens with one attached hydrogen (secondary N) is 2. The molecule has 4 N–H and O–H groups in total. The van der Waals surface area contributed by atoms with Gasteiger partial charge in [-0.05, 0) is 94.4 Å². The lowest BCUT2D eigenvalue weighted by atomic mass is 9.91. The topological polar surface area (TPSA) is 176 Å². The van der Waals surface area contributed by atoms with Crippen LogP contribution < -0.4 is 15.5 Å². The molecule has 338 valence electrons. The zero-order valence-corrected chi connectivity index (χ0v) is 38.0. The number of rotatable bonds is 13. The predicted molar refractivity (Wildman–Crippen MR) is 247 cm³/mol. The van der Waals surface area contributed by atoms with Gasteiger partial charge in [0.25, 0.3) is 0 Å². The predicted octanol–water partition coefficient (Wildman–Crippen LogP) is 5.86. The van der Waals surface area contributed by atoms with Gasteiger partial charge >= 0.3 is 0 Å². The number of piperazine rings is 1. The van der Waals surface area contributed by atoms with Gasteiger partial charge < -0.3 is 40.1 Å². The van der Waals surface area contributed by atoms with E-state index in [9.17, 15) is 19.8 Å². The molecule has 5 atom stereocenters. The fourth-order valence-electron chi connectivity index (χ4n) is 10.2. The number of aromatic hydroxyl groups is 1. The summed E-state index contributed by atoms with van der Waals surface area (Å²) in [5.74, 6) is 0.260. The second kappa shape index (κ2) is 19.0. The van der Waals surface area contributed by atoms with Crippen LogP contribution in [0.1, 0.15) is 81.1 Å². The number of phenolic OH excluding ortho intramolecular Hbond substituents is 1. The van der Waals surface area contributed by atoms with E-state index < -0.39 is 18.1 Å². The molecule has 0 bridgehead atoms. The second-order valence-corrected chi connectivity index (χ2v) is 19.2. The first kappa shape index (κ1) is 43.8. The molecular weight excluding hydrogens is 829 g/mol. The number of fused-ring (bicyclic) bond motifs is 3. The molecule has 0 aliphatic carbocycles. The van der Waals surface area contributed by atoms with Crippen LogP contribution in [0.5, 0.6) is 5.75 Å². The van der Waals surface area contributed by atoms with Gasteiger partial charge in [-0.25, -0.2) is 4.98 Å². The van der Waals surface area contributed by atoms with Gasteiger partial charge in [0.15, 0.2) is 5.82 Å². The van der Waals surface area contributed by atoms with Crippen molar-refractivity contribution in [2.75, 3.05) is 62.6 Å². The average Bonchev–Trinajstić information content (AvgIpc) is 4.06. The van der Waals surface area contributed by atoms with E-state index in [2.05, 4.69) is 51.7 Å². The molecule has 64 heavy (non-hydrogen) atoms. The molecule has 15 nitrogen and oxygen atoms in total. The zero-order valence-electron chi connectivity index (χ0n) is 37.2. The lowest BCUT2D eigenvalue weighted by Crippen LogP contribution is -2.60. The minimum absolute atomic E-state index is 0.0932. The largest absolute Gasteiger partial charge is 0.507 e. The maximum absolute atomic E-state index is 14.3. The highest BCUT2D eigenvalue weighted by Crippen LogP contribution is 2.37. The lowest BCUT2D eigenvalue weighted by molar-refractivity contribution is -0.141. The summed E-state index contributed by atoms with van der Waals surface area (Å²) in [5.41, 5.74) is 8.10. The Labute approximate surface area is 378 Å². The Balaban J connectivity index is 0.742. The highest BCUT2D eigenvalue weighted by atomic mass is 32.1. The average molecular weight is 889 g/mol. The van der Waals surface area contributed by atoms with E-state index in [1.54, 1.807) is 17.4 Å². The summed E-state index contributed by atoms with van der Waals surface area (Å²) in [6.45, 7) is 14.8. The van der Waals surface area contributed by atoms with Gasteiger partial charge in [0.2, 0.25) is 11.8 Å². The number of amides is 2. The molecule has 2 aromatic carbocycles. The van der Waals surface area contributed by atoms with Crippen LogP contribution in [-0.4, -0.2) is 134 Å². The molecule has 9 rings (SSSR count). The quantitative estimate of drug-likeness (QED) is 0.111. The van der Waals surface area contributed by atoms with E-state index in [0.717, 1.165) is 110 Å². The Bertz CT molecular complexity index is 2420. The minimum atomic E-state index is -0.792. The minimum Gasteiger partial charge on any atom is -0.507 e. The third-order valence-electron chi connectivity index (χ3n) is 13.7. The number of phenols is 1. The van der Waals surface area contributed by atoms with Crippen molar-refractivity contribution in [2.24, 2.45) is 5.92 Å². The molecular formula is C48H60N10O5S. The lowest BCUT2D eigenvalue weighted by Gasteiger charge is -2.49. The highest BCUT2D eigenvalue weighted by molar-refractivity contribution is 7.13. The van der Waals surface area contributed by atoms with E-state index in [1.807, 2.05) is 81.7 Å². The van der Waals surface area contributed by atoms with E-state index in [0.29, 0.717) is 29.1 Å². The molecule has 2 amide bonds. The maximum Gasteiger partial charge on any atom is 0.243 e. The van der Waals surface area contributed by atoms with Crippen molar-refractivity contribution < 1.29 is 24.3 Å². The number of aliphatic hydroxyl groups is 1. The third kappa shape index (κ3) is 9.23. The summed E-state index contributed by atoms with van der Waals surface area (Å²) in [6, 6.07) is 19.1. The molecule has 0 radical (unpaired) electrons. The summed E-state index contributed by atoms with van der Waals surface area (Å²) in [5, 5.41) is 41.0. The molecule has 16 heteroatoms. The number of nitrogens with zero attached hydrogens (tertiary/aromatic N) is 8. The second-order valence-electron chi connectivity index (χ2n) is 18.3. The molecule has 5 aromatic rings. The molecule has 3 aromatic heterocycles. The Morgan fingerprint density at radius 1 is 0.984 bits per heavy atom. The molecule has 4 aliphatic rings. The summed E-state index contributed by atoms with van der Waals surface area (Å²) < 4.78 is 5.86. The van der Waals surface area contributed by atoms with Crippen molar-refractivity contribution in [1.82, 2.24) is 40.4 Å². The molecule has 0 unspecified atom stereocenters. The number of anilines is 2. The van der Waals surface area contributed by atoms with Crippen LogP contribution in [-0.2, 0) is 16.0 Å². The van der Waals surface area contributed by atoms with Crippen molar-refractivity contribution in [2.45, 2.75) is 96.0 Å². The van der Waals surface area contributed by atoms with Crippen LogP contribution in [0.4, 0.5) is 11.5 Å². The number of thiazole rings is 1. The number of aromatic nitrogens is 4. The number of carbonyl (C=O) groups is 2. The van der Waals surface area contributed by atoms with Gasteiger partial charge in [-0.3, -0.25) is 14.5 Å². The standard InChI is InChI=1S/C48H60N10O5S/c1-29(2)44(48(62)58-27-37(59)23-41(58)47(61)51-30(3)32-11-13-33(14-12-32)45-31(4)50-28-64-45)43-22-34(54-63-43)8-7-17-55-18-15-35(16-19-55)56-20-21-57-36(26-56)25-49-46-40(57)24-39(52-53-46)38-9-5-6-10-42(38)60/h5-6,9-14,22,24,28-30,35-37,41,44,59-60H,7-8,15-21,23,25-27H2,1-4H3,(H,49,53)(H,51,61)/t30-,36-,37+,41-,44+/m0/s1. The maximum atomic E-state index is 14.3. The van der Waals surface area contributed by atoms with Crippen LogP contribution in [0.2, 0.25) is 0 Å². The van der Waals surface area contributed by atoms with Crippen LogP contribution in [0.25, 0.3) is 21.7 Å². The van der Waals surface area contributed by atoms with Crippen LogP contribution in [0.15, 0.2) is 70.7 Å². The summed E-state index contributed by atoms with van der Waals surface area (Å²) in [7, 11) is 0. The Morgan fingerprint density at radius 3 is 2.53 bits per heavy atom. The summed E-state index contributed by atoms with van der Waals surface area (Å²) in [4.78, 5) is 42.7. The Hall–Kier alpha value is -5.42. The first-order valence-electron chi connectivity index (χ1n) is 22.9. The first-order valence-corrected chi connectivity index (χ1v) is 23.8.